The predicted molar refractivity (Wildman–Crippen MR) is 91.7 cm³/mol. The Hall–Kier alpha value is -2.02. The number of amides is 2. The zero-order chi connectivity index (χ0) is 17.1. The van der Waals surface area contributed by atoms with E-state index in [0.29, 0.717) is 5.75 Å². The van der Waals surface area contributed by atoms with Crippen molar-refractivity contribution >= 4 is 35.2 Å². The second kappa shape index (κ2) is 10.7. The predicted octanol–water partition coefficient (Wildman–Crippen LogP) is 1.90. The fourth-order valence-corrected chi connectivity index (χ4v) is 2.48. The summed E-state index contributed by atoms with van der Waals surface area (Å²) in [5.41, 5.74) is 1.98. The van der Waals surface area contributed by atoms with Gasteiger partial charge in [-0.15, -0.1) is 0 Å². The summed E-state index contributed by atoms with van der Waals surface area (Å²) in [5, 5.41) is 13.8. The molecule has 0 radical (unpaired) electrons. The molecule has 0 saturated heterocycles. The topological polar surface area (TPSA) is 95.5 Å². The van der Waals surface area contributed by atoms with Crippen LogP contribution >= 0.6 is 11.8 Å². The van der Waals surface area contributed by atoms with Gasteiger partial charge in [0, 0.05) is 24.4 Å². The lowest BCUT2D eigenvalue weighted by molar-refractivity contribution is -0.137. The molecule has 0 saturated carbocycles. The van der Waals surface area contributed by atoms with Gasteiger partial charge in [-0.05, 0) is 24.1 Å². The van der Waals surface area contributed by atoms with Crippen LogP contribution < -0.4 is 10.6 Å². The van der Waals surface area contributed by atoms with Crippen LogP contribution in [-0.4, -0.2) is 40.9 Å². The van der Waals surface area contributed by atoms with Crippen LogP contribution in [0, 0.1) is 0 Å². The SMILES string of the molecule is CCc1ccc(NC(=O)CSCCC(=O)NCCC(=O)O)cc1. The second-order valence-corrected chi connectivity index (χ2v) is 6.00. The Labute approximate surface area is 140 Å². The van der Waals surface area contributed by atoms with Crippen LogP contribution in [0.1, 0.15) is 25.3 Å². The van der Waals surface area contributed by atoms with Crippen LogP contribution in [-0.2, 0) is 20.8 Å². The van der Waals surface area contributed by atoms with Crippen molar-refractivity contribution in [3.8, 4) is 0 Å². The summed E-state index contributed by atoms with van der Waals surface area (Å²) >= 11 is 1.37. The van der Waals surface area contributed by atoms with E-state index in [9.17, 15) is 14.4 Å². The average Bonchev–Trinajstić information content (AvgIpc) is 2.52. The molecule has 0 aliphatic carbocycles. The van der Waals surface area contributed by atoms with Crippen molar-refractivity contribution in [1.29, 1.82) is 0 Å². The molecule has 0 fully saturated rings. The molecule has 0 bridgehead atoms. The third-order valence-electron chi connectivity index (χ3n) is 3.01. The lowest BCUT2D eigenvalue weighted by Gasteiger charge is -2.06. The molecular formula is C16H22N2O4S. The first kappa shape index (κ1) is 19.0. The number of nitrogens with one attached hydrogen (secondary N) is 2. The third kappa shape index (κ3) is 8.87. The van der Waals surface area contributed by atoms with Gasteiger partial charge in [0.15, 0.2) is 0 Å². The molecule has 0 heterocycles. The molecule has 2 amide bonds. The number of rotatable bonds is 10. The summed E-state index contributed by atoms with van der Waals surface area (Å²) in [4.78, 5) is 33.5. The van der Waals surface area contributed by atoms with E-state index in [1.165, 1.54) is 17.3 Å². The van der Waals surface area contributed by atoms with Crippen LogP contribution in [0.15, 0.2) is 24.3 Å². The highest BCUT2D eigenvalue weighted by molar-refractivity contribution is 7.99. The fourth-order valence-electron chi connectivity index (χ4n) is 1.75. The highest BCUT2D eigenvalue weighted by Gasteiger charge is 2.05. The van der Waals surface area contributed by atoms with Crippen molar-refractivity contribution in [2.45, 2.75) is 26.2 Å². The van der Waals surface area contributed by atoms with Crippen molar-refractivity contribution in [3.05, 3.63) is 29.8 Å². The maximum Gasteiger partial charge on any atom is 0.305 e. The quantitative estimate of drug-likeness (QED) is 0.566. The monoisotopic (exact) mass is 338 g/mol. The standard InChI is InChI=1S/C16H22N2O4S/c1-2-12-3-5-13(6-4-12)18-15(20)11-23-10-8-14(19)17-9-7-16(21)22/h3-6H,2,7-11H2,1H3,(H,17,19)(H,18,20)(H,21,22). The largest absolute Gasteiger partial charge is 0.481 e. The van der Waals surface area contributed by atoms with Gasteiger partial charge in [0.2, 0.25) is 11.8 Å². The molecule has 0 aromatic heterocycles. The molecule has 1 rings (SSSR count). The van der Waals surface area contributed by atoms with E-state index in [-0.39, 0.29) is 37.0 Å². The van der Waals surface area contributed by atoms with Gasteiger partial charge >= 0.3 is 5.97 Å². The third-order valence-corrected chi connectivity index (χ3v) is 3.97. The smallest absolute Gasteiger partial charge is 0.305 e. The number of aryl methyl sites for hydroxylation is 1. The Kier molecular flexibility index (Phi) is 8.82. The van der Waals surface area contributed by atoms with Gasteiger partial charge in [-0.2, -0.15) is 11.8 Å². The number of carboxylic acid groups (broad SMARTS) is 1. The van der Waals surface area contributed by atoms with Crippen molar-refractivity contribution < 1.29 is 19.5 Å². The molecule has 0 aliphatic rings. The first-order valence-corrected chi connectivity index (χ1v) is 8.61. The molecule has 6 nitrogen and oxygen atoms in total. The molecule has 0 atom stereocenters. The van der Waals surface area contributed by atoms with Crippen molar-refractivity contribution in [3.63, 3.8) is 0 Å². The first-order chi connectivity index (χ1) is 11.0. The van der Waals surface area contributed by atoms with Crippen LogP contribution in [0.5, 0.6) is 0 Å². The van der Waals surface area contributed by atoms with Gasteiger partial charge in [-0.25, -0.2) is 0 Å². The summed E-state index contributed by atoms with van der Waals surface area (Å²) in [7, 11) is 0. The Morgan fingerprint density at radius 3 is 2.39 bits per heavy atom. The van der Waals surface area contributed by atoms with Crippen LogP contribution in [0.2, 0.25) is 0 Å². The maximum atomic E-state index is 11.8. The van der Waals surface area contributed by atoms with E-state index < -0.39 is 5.97 Å². The number of carbonyl (C=O) groups is 3. The Bertz CT molecular complexity index is 531. The number of carboxylic acids is 1. The molecule has 1 aromatic rings. The number of anilines is 1. The molecule has 1 aromatic carbocycles. The molecule has 0 aliphatic heterocycles. The fraction of sp³-hybridized carbons (Fsp3) is 0.438. The Balaban J connectivity index is 2.13. The van der Waals surface area contributed by atoms with Crippen LogP contribution in [0.4, 0.5) is 5.69 Å². The minimum atomic E-state index is -0.941. The maximum absolute atomic E-state index is 11.8. The lowest BCUT2D eigenvalue weighted by atomic mass is 10.1. The zero-order valence-electron chi connectivity index (χ0n) is 13.1. The van der Waals surface area contributed by atoms with Gasteiger partial charge < -0.3 is 15.7 Å². The highest BCUT2D eigenvalue weighted by Crippen LogP contribution is 2.11. The average molecular weight is 338 g/mol. The van der Waals surface area contributed by atoms with Crippen molar-refractivity contribution in [2.24, 2.45) is 0 Å². The minimum Gasteiger partial charge on any atom is -0.481 e. The molecule has 3 N–H and O–H groups in total. The number of hydrogen-bond acceptors (Lipinski definition) is 4. The molecular weight excluding hydrogens is 316 g/mol. The zero-order valence-corrected chi connectivity index (χ0v) is 13.9. The van der Waals surface area contributed by atoms with Crippen molar-refractivity contribution in [1.82, 2.24) is 5.32 Å². The summed E-state index contributed by atoms with van der Waals surface area (Å²) in [6.45, 7) is 2.20. The highest BCUT2D eigenvalue weighted by atomic mass is 32.2. The van der Waals surface area contributed by atoms with E-state index in [4.69, 9.17) is 5.11 Å². The normalized spacial score (nSPS) is 10.1. The molecule has 0 spiro atoms. The van der Waals surface area contributed by atoms with Crippen LogP contribution in [0.25, 0.3) is 0 Å². The Morgan fingerprint density at radius 1 is 1.09 bits per heavy atom. The van der Waals surface area contributed by atoms with Gasteiger partial charge in [0.25, 0.3) is 0 Å². The van der Waals surface area contributed by atoms with Gasteiger partial charge in [-0.1, -0.05) is 19.1 Å². The summed E-state index contributed by atoms with van der Waals surface area (Å²) in [6, 6.07) is 7.70. The molecule has 0 unspecified atom stereocenters. The summed E-state index contributed by atoms with van der Waals surface area (Å²) in [5.74, 6) is -0.456. The number of benzene rings is 1. The van der Waals surface area contributed by atoms with Crippen molar-refractivity contribution in [2.75, 3.05) is 23.4 Å². The summed E-state index contributed by atoms with van der Waals surface area (Å²) in [6.07, 6.45) is 1.14. The summed E-state index contributed by atoms with van der Waals surface area (Å²) < 4.78 is 0. The number of carbonyl (C=O) groups excluding carboxylic acids is 2. The van der Waals surface area contributed by atoms with Gasteiger partial charge in [0.05, 0.1) is 12.2 Å². The number of hydrogen-bond donors (Lipinski definition) is 3. The van der Waals surface area contributed by atoms with Crippen LogP contribution in [0.3, 0.4) is 0 Å². The first-order valence-electron chi connectivity index (χ1n) is 7.46. The number of thioether (sulfide) groups is 1. The minimum absolute atomic E-state index is 0.0852. The molecule has 23 heavy (non-hydrogen) atoms. The Morgan fingerprint density at radius 2 is 1.78 bits per heavy atom. The second-order valence-electron chi connectivity index (χ2n) is 4.89. The van der Waals surface area contributed by atoms with E-state index in [2.05, 4.69) is 17.6 Å². The van der Waals surface area contributed by atoms with E-state index in [1.807, 2.05) is 24.3 Å². The van der Waals surface area contributed by atoms with E-state index in [0.717, 1.165) is 12.1 Å². The number of aliphatic carboxylic acids is 1. The van der Waals surface area contributed by atoms with Gasteiger partial charge in [-0.3, -0.25) is 14.4 Å². The van der Waals surface area contributed by atoms with E-state index >= 15 is 0 Å². The molecule has 7 heteroatoms. The molecule has 126 valence electrons. The lowest BCUT2D eigenvalue weighted by Crippen LogP contribution is -2.26. The van der Waals surface area contributed by atoms with Gasteiger partial charge in [0.1, 0.15) is 0 Å². The van der Waals surface area contributed by atoms with E-state index in [1.54, 1.807) is 0 Å².